The first-order chi connectivity index (χ1) is 11.1. The second-order valence-electron chi connectivity index (χ2n) is 6.93. The number of unbranched alkanes of at least 4 members (excludes halogenated alkanes) is 12. The average molecular weight is 323 g/mol. The Morgan fingerprint density at radius 2 is 1.13 bits per heavy atom. The normalized spacial score (nSPS) is 12.7. The van der Waals surface area contributed by atoms with Crippen LogP contribution < -0.4 is 11.5 Å². The van der Waals surface area contributed by atoms with Gasteiger partial charge in [-0.2, -0.15) is 0 Å². The minimum absolute atomic E-state index is 0.652. The van der Waals surface area contributed by atoms with Crippen LogP contribution in [-0.2, 0) is 0 Å². The number of rotatable bonds is 16. The maximum absolute atomic E-state index is 5.83. The Hall–Kier alpha value is -0.600. The molecular formula is C21H42N2. The summed E-state index contributed by atoms with van der Waals surface area (Å²) in [5.41, 5.74) is 11.0. The van der Waals surface area contributed by atoms with Gasteiger partial charge in [0, 0.05) is 0 Å². The molecule has 136 valence electrons. The molecule has 0 radical (unpaired) electrons. The lowest BCUT2D eigenvalue weighted by Crippen LogP contribution is -2.46. The SMILES string of the molecule is CCCCCCCCCCCCCCC=CC=CC(N)(N)CC. The van der Waals surface area contributed by atoms with Gasteiger partial charge in [0.05, 0.1) is 5.66 Å². The molecule has 0 bridgehead atoms. The van der Waals surface area contributed by atoms with E-state index in [-0.39, 0.29) is 0 Å². The van der Waals surface area contributed by atoms with Gasteiger partial charge in [-0.3, -0.25) is 0 Å². The van der Waals surface area contributed by atoms with Crippen LogP contribution in [0.25, 0.3) is 0 Å². The molecule has 0 aromatic carbocycles. The molecule has 2 nitrogen and oxygen atoms in total. The van der Waals surface area contributed by atoms with Crippen LogP contribution >= 0.6 is 0 Å². The van der Waals surface area contributed by atoms with E-state index in [0.29, 0.717) is 0 Å². The highest BCUT2D eigenvalue weighted by Gasteiger charge is 2.09. The Morgan fingerprint density at radius 3 is 1.61 bits per heavy atom. The summed E-state index contributed by atoms with van der Waals surface area (Å²) in [4.78, 5) is 0. The van der Waals surface area contributed by atoms with Gasteiger partial charge in [-0.25, -0.2) is 0 Å². The zero-order valence-corrected chi connectivity index (χ0v) is 15.9. The van der Waals surface area contributed by atoms with Gasteiger partial charge in [-0.15, -0.1) is 0 Å². The molecule has 0 atom stereocenters. The number of allylic oxidation sites excluding steroid dienone is 3. The van der Waals surface area contributed by atoms with Gasteiger partial charge in [0.1, 0.15) is 0 Å². The maximum atomic E-state index is 5.83. The Balaban J connectivity index is 3.25. The zero-order valence-electron chi connectivity index (χ0n) is 15.9. The van der Waals surface area contributed by atoms with Crippen LogP contribution in [0.1, 0.15) is 104 Å². The summed E-state index contributed by atoms with van der Waals surface area (Å²) in [6.45, 7) is 4.28. The van der Waals surface area contributed by atoms with Crippen molar-refractivity contribution in [2.45, 2.75) is 109 Å². The van der Waals surface area contributed by atoms with E-state index in [9.17, 15) is 0 Å². The third kappa shape index (κ3) is 17.6. The highest BCUT2D eigenvalue weighted by atomic mass is 14.9. The van der Waals surface area contributed by atoms with Crippen LogP contribution in [0.15, 0.2) is 24.3 Å². The number of nitrogens with two attached hydrogens (primary N) is 2. The molecule has 0 unspecified atom stereocenters. The summed E-state index contributed by atoms with van der Waals surface area (Å²) in [5, 5.41) is 0. The van der Waals surface area contributed by atoms with E-state index < -0.39 is 5.66 Å². The molecule has 0 heterocycles. The Morgan fingerprint density at radius 1 is 0.652 bits per heavy atom. The fourth-order valence-electron chi connectivity index (χ4n) is 2.63. The van der Waals surface area contributed by atoms with Crippen LogP contribution in [0.2, 0.25) is 0 Å². The summed E-state index contributed by atoms with van der Waals surface area (Å²) >= 11 is 0. The zero-order chi connectivity index (χ0) is 17.2. The first kappa shape index (κ1) is 22.4. The molecule has 0 aromatic heterocycles. The van der Waals surface area contributed by atoms with Gasteiger partial charge in [0.25, 0.3) is 0 Å². The molecular weight excluding hydrogens is 280 g/mol. The molecule has 4 N–H and O–H groups in total. The molecule has 2 heteroatoms. The fraction of sp³-hybridized carbons (Fsp3) is 0.810. The van der Waals surface area contributed by atoms with E-state index in [1.54, 1.807) is 0 Å². The van der Waals surface area contributed by atoms with Gasteiger partial charge < -0.3 is 11.5 Å². The molecule has 0 amide bonds. The number of hydrogen-bond acceptors (Lipinski definition) is 2. The van der Waals surface area contributed by atoms with Crippen molar-refractivity contribution in [1.82, 2.24) is 0 Å². The minimum atomic E-state index is -0.652. The molecule has 0 saturated carbocycles. The summed E-state index contributed by atoms with van der Waals surface area (Å²) < 4.78 is 0. The largest absolute Gasteiger partial charge is 0.310 e. The summed E-state index contributed by atoms with van der Waals surface area (Å²) in [6, 6.07) is 0. The van der Waals surface area contributed by atoms with Gasteiger partial charge >= 0.3 is 0 Å². The standard InChI is InChI=1S/C21H42N2/c1-3-5-6-7-8-9-10-11-12-13-14-15-16-17-18-19-20-21(22,23)4-2/h17-20H,3-16,22-23H2,1-2H3. The van der Waals surface area contributed by atoms with Crippen LogP contribution in [0.4, 0.5) is 0 Å². The molecule has 0 aliphatic rings. The van der Waals surface area contributed by atoms with Crippen LogP contribution in [0.5, 0.6) is 0 Å². The van der Waals surface area contributed by atoms with Crippen LogP contribution in [0.3, 0.4) is 0 Å². The molecule has 23 heavy (non-hydrogen) atoms. The van der Waals surface area contributed by atoms with E-state index in [0.717, 1.165) is 12.8 Å². The lowest BCUT2D eigenvalue weighted by molar-refractivity contribution is 0.534. The summed E-state index contributed by atoms with van der Waals surface area (Å²) in [7, 11) is 0. The van der Waals surface area contributed by atoms with E-state index in [4.69, 9.17) is 11.5 Å². The molecule has 0 aliphatic carbocycles. The molecule has 0 spiro atoms. The monoisotopic (exact) mass is 322 g/mol. The predicted octanol–water partition coefficient (Wildman–Crippen LogP) is 6.21. The van der Waals surface area contributed by atoms with Crippen molar-refractivity contribution in [2.24, 2.45) is 11.5 Å². The van der Waals surface area contributed by atoms with Crippen LogP contribution in [0, 0.1) is 0 Å². The molecule has 0 aliphatic heterocycles. The van der Waals surface area contributed by atoms with Gasteiger partial charge in [-0.05, 0) is 19.3 Å². The third-order valence-electron chi connectivity index (χ3n) is 4.49. The summed E-state index contributed by atoms with van der Waals surface area (Å²) in [6.07, 6.45) is 27.0. The number of hydrogen-bond donors (Lipinski definition) is 2. The first-order valence-corrected chi connectivity index (χ1v) is 10.0. The lowest BCUT2D eigenvalue weighted by atomic mass is 10.0. The fourth-order valence-corrected chi connectivity index (χ4v) is 2.63. The predicted molar refractivity (Wildman–Crippen MR) is 105 cm³/mol. The molecule has 0 rings (SSSR count). The summed E-state index contributed by atoms with van der Waals surface area (Å²) in [5.74, 6) is 0. The molecule has 0 saturated heterocycles. The minimum Gasteiger partial charge on any atom is -0.310 e. The van der Waals surface area contributed by atoms with Gasteiger partial charge in [0.15, 0.2) is 0 Å². The average Bonchev–Trinajstić information content (AvgIpc) is 2.54. The van der Waals surface area contributed by atoms with Crippen molar-refractivity contribution in [3.63, 3.8) is 0 Å². The highest BCUT2D eigenvalue weighted by molar-refractivity contribution is 5.09. The Labute approximate surface area is 145 Å². The molecule has 0 aromatic rings. The van der Waals surface area contributed by atoms with E-state index in [1.807, 2.05) is 19.1 Å². The van der Waals surface area contributed by atoms with Crippen molar-refractivity contribution >= 4 is 0 Å². The second kappa shape index (κ2) is 16.3. The Kier molecular flexibility index (Phi) is 15.8. The van der Waals surface area contributed by atoms with E-state index >= 15 is 0 Å². The van der Waals surface area contributed by atoms with Crippen LogP contribution in [-0.4, -0.2) is 5.66 Å². The lowest BCUT2D eigenvalue weighted by Gasteiger charge is -2.16. The topological polar surface area (TPSA) is 52.0 Å². The third-order valence-corrected chi connectivity index (χ3v) is 4.49. The molecule has 0 fully saturated rings. The van der Waals surface area contributed by atoms with E-state index in [2.05, 4.69) is 19.1 Å². The first-order valence-electron chi connectivity index (χ1n) is 10.0. The van der Waals surface area contributed by atoms with Gasteiger partial charge in [-0.1, -0.05) is 109 Å². The quantitative estimate of drug-likeness (QED) is 0.201. The highest BCUT2D eigenvalue weighted by Crippen LogP contribution is 2.12. The smallest absolute Gasteiger partial charge is 0.0828 e. The maximum Gasteiger partial charge on any atom is 0.0828 e. The van der Waals surface area contributed by atoms with Crippen molar-refractivity contribution in [3.8, 4) is 0 Å². The second-order valence-corrected chi connectivity index (χ2v) is 6.93. The van der Waals surface area contributed by atoms with Crippen molar-refractivity contribution in [1.29, 1.82) is 0 Å². The van der Waals surface area contributed by atoms with E-state index in [1.165, 1.54) is 77.0 Å². The Bertz CT molecular complexity index is 292. The van der Waals surface area contributed by atoms with Gasteiger partial charge in [0.2, 0.25) is 0 Å². The van der Waals surface area contributed by atoms with Crippen molar-refractivity contribution in [3.05, 3.63) is 24.3 Å². The van der Waals surface area contributed by atoms with Crippen molar-refractivity contribution in [2.75, 3.05) is 0 Å². The van der Waals surface area contributed by atoms with Crippen molar-refractivity contribution < 1.29 is 0 Å².